The molecule has 0 aliphatic carbocycles. The van der Waals surface area contributed by atoms with Crippen molar-refractivity contribution in [2.45, 2.75) is 6.92 Å². The molecule has 3 heterocycles. The molecule has 0 radical (unpaired) electrons. The van der Waals surface area contributed by atoms with Gasteiger partial charge in [0.1, 0.15) is 11.8 Å². The van der Waals surface area contributed by atoms with Gasteiger partial charge in [-0.2, -0.15) is 0 Å². The molecule has 0 saturated carbocycles. The van der Waals surface area contributed by atoms with Crippen molar-refractivity contribution in [2.24, 2.45) is 0 Å². The number of rotatable bonds is 2. The molecule has 86 valence electrons. The summed E-state index contributed by atoms with van der Waals surface area (Å²) in [5.74, 6) is -0.425. The molecule has 0 saturated heterocycles. The van der Waals surface area contributed by atoms with Crippen molar-refractivity contribution in [1.29, 1.82) is 0 Å². The van der Waals surface area contributed by atoms with Gasteiger partial charge in [-0.25, -0.2) is 14.8 Å². The van der Waals surface area contributed by atoms with Crippen LogP contribution in [0.4, 0.5) is 0 Å². The molecule has 3 rings (SSSR count). The van der Waals surface area contributed by atoms with Gasteiger partial charge >= 0.3 is 5.97 Å². The Labute approximate surface area is 94.7 Å². The zero-order valence-electron chi connectivity index (χ0n) is 8.91. The summed E-state index contributed by atoms with van der Waals surface area (Å²) >= 11 is 0. The molecule has 0 atom stereocenters. The van der Waals surface area contributed by atoms with Crippen molar-refractivity contribution >= 4 is 22.8 Å². The van der Waals surface area contributed by atoms with Gasteiger partial charge < -0.3 is 9.72 Å². The summed E-state index contributed by atoms with van der Waals surface area (Å²) in [6.07, 6.45) is 2.96. The van der Waals surface area contributed by atoms with Crippen LogP contribution in [0.3, 0.4) is 0 Å². The number of hydrogen-bond donors (Lipinski definition) is 1. The van der Waals surface area contributed by atoms with Gasteiger partial charge in [0.2, 0.25) is 5.82 Å². The molecule has 1 N–H and O–H groups in total. The fourth-order valence-electron chi connectivity index (χ4n) is 1.57. The van der Waals surface area contributed by atoms with E-state index in [1.54, 1.807) is 6.92 Å². The average molecular weight is 232 g/mol. The Hall–Kier alpha value is -2.51. The highest BCUT2D eigenvalue weighted by atomic mass is 16.5. The number of imidazole rings is 1. The molecule has 0 spiro atoms. The zero-order chi connectivity index (χ0) is 11.8. The number of hydrogen-bond acceptors (Lipinski definition) is 6. The van der Waals surface area contributed by atoms with E-state index in [1.165, 1.54) is 17.1 Å². The molecule has 3 aromatic rings. The average Bonchev–Trinajstić information content (AvgIpc) is 2.94. The molecule has 0 unspecified atom stereocenters. The summed E-state index contributed by atoms with van der Waals surface area (Å²) in [5, 5.41) is 7.72. The van der Waals surface area contributed by atoms with Crippen molar-refractivity contribution in [3.8, 4) is 0 Å². The molecule has 0 aliphatic rings. The number of fused-ring (bicyclic) bond motifs is 3. The lowest BCUT2D eigenvalue weighted by atomic mass is 10.5. The minimum Gasteiger partial charge on any atom is -0.460 e. The van der Waals surface area contributed by atoms with Gasteiger partial charge in [-0.3, -0.25) is 4.40 Å². The Bertz CT molecular complexity index is 700. The summed E-state index contributed by atoms with van der Waals surface area (Å²) in [5.41, 5.74) is 1.66. The largest absolute Gasteiger partial charge is 0.460 e. The van der Waals surface area contributed by atoms with Gasteiger partial charge in [-0.05, 0) is 6.92 Å². The molecule has 3 aromatic heterocycles. The maximum atomic E-state index is 11.6. The lowest BCUT2D eigenvalue weighted by molar-refractivity contribution is 0.0510. The predicted octanol–water partition coefficient (Wildman–Crippen LogP) is 0.177. The molecule has 0 fully saturated rings. The Kier molecular flexibility index (Phi) is 2.00. The Morgan fingerprint density at radius 3 is 3.18 bits per heavy atom. The molecule has 0 aromatic carbocycles. The van der Waals surface area contributed by atoms with Gasteiger partial charge in [0.05, 0.1) is 12.9 Å². The van der Waals surface area contributed by atoms with E-state index in [0.29, 0.717) is 16.8 Å². The van der Waals surface area contributed by atoms with Crippen molar-refractivity contribution in [2.75, 3.05) is 6.61 Å². The summed E-state index contributed by atoms with van der Waals surface area (Å²) in [7, 11) is 0. The summed E-state index contributed by atoms with van der Waals surface area (Å²) < 4.78 is 6.34. The minimum atomic E-state index is -0.527. The van der Waals surface area contributed by atoms with E-state index in [9.17, 15) is 4.79 Å². The van der Waals surface area contributed by atoms with Crippen molar-refractivity contribution in [1.82, 2.24) is 29.5 Å². The third-order valence-electron chi connectivity index (χ3n) is 2.29. The molecular formula is C9H8N6O2. The fraction of sp³-hybridized carbons (Fsp3) is 0.222. The first-order valence-electron chi connectivity index (χ1n) is 5.01. The lowest BCUT2D eigenvalue weighted by Crippen LogP contribution is -2.09. The van der Waals surface area contributed by atoms with Gasteiger partial charge in [0.15, 0.2) is 11.3 Å². The normalized spacial score (nSPS) is 11.1. The maximum Gasteiger partial charge on any atom is 0.376 e. The molecule has 8 heteroatoms. The molecule has 0 amide bonds. The van der Waals surface area contributed by atoms with E-state index in [-0.39, 0.29) is 12.4 Å². The first kappa shape index (κ1) is 9.70. The van der Waals surface area contributed by atoms with E-state index in [2.05, 4.69) is 25.1 Å². The van der Waals surface area contributed by atoms with Crippen LogP contribution >= 0.6 is 0 Å². The molecular weight excluding hydrogens is 224 g/mol. The van der Waals surface area contributed by atoms with E-state index in [0.717, 1.165) is 0 Å². The lowest BCUT2D eigenvalue weighted by Gasteiger charge is -1.99. The number of nitrogens with one attached hydrogen (secondary N) is 1. The Morgan fingerprint density at radius 1 is 1.47 bits per heavy atom. The standard InChI is InChI=1S/C9H8N6O2/c1-2-17-9(16)8-14-13-7-5-6(11-3-10-5)12-4-15(7)8/h3-4H,2H2,1H3,(H,10,11). The number of ether oxygens (including phenoxy) is 1. The first-order valence-corrected chi connectivity index (χ1v) is 5.01. The fourth-order valence-corrected chi connectivity index (χ4v) is 1.57. The number of carbonyl (C=O) groups excluding carboxylic acids is 1. The summed E-state index contributed by atoms with van der Waals surface area (Å²) in [4.78, 5) is 22.6. The predicted molar refractivity (Wildman–Crippen MR) is 56.4 cm³/mol. The third-order valence-corrected chi connectivity index (χ3v) is 2.29. The highest BCUT2D eigenvalue weighted by molar-refractivity contribution is 5.90. The smallest absolute Gasteiger partial charge is 0.376 e. The van der Waals surface area contributed by atoms with Crippen LogP contribution < -0.4 is 0 Å². The van der Waals surface area contributed by atoms with E-state index in [1.807, 2.05) is 0 Å². The van der Waals surface area contributed by atoms with Crippen molar-refractivity contribution in [3.63, 3.8) is 0 Å². The van der Waals surface area contributed by atoms with Gasteiger partial charge in [-0.15, -0.1) is 10.2 Å². The highest BCUT2D eigenvalue weighted by Gasteiger charge is 2.17. The van der Waals surface area contributed by atoms with Crippen LogP contribution in [0.2, 0.25) is 0 Å². The number of nitrogens with zero attached hydrogens (tertiary/aromatic N) is 5. The van der Waals surface area contributed by atoms with Gasteiger partial charge in [0, 0.05) is 0 Å². The Morgan fingerprint density at radius 2 is 2.35 bits per heavy atom. The number of esters is 1. The summed E-state index contributed by atoms with van der Waals surface area (Å²) in [6, 6.07) is 0. The second kappa shape index (κ2) is 3.51. The van der Waals surface area contributed by atoms with E-state index in [4.69, 9.17) is 4.74 Å². The van der Waals surface area contributed by atoms with Gasteiger partial charge in [-0.1, -0.05) is 0 Å². The number of aromatic amines is 1. The van der Waals surface area contributed by atoms with Crippen LogP contribution in [0.15, 0.2) is 12.7 Å². The maximum absolute atomic E-state index is 11.6. The molecule has 17 heavy (non-hydrogen) atoms. The SMILES string of the molecule is CCOC(=O)c1nnc2c3[nH]cnc3ncn12. The van der Waals surface area contributed by atoms with Crippen LogP contribution in [-0.4, -0.2) is 42.1 Å². The minimum absolute atomic E-state index is 0.103. The summed E-state index contributed by atoms with van der Waals surface area (Å²) in [6.45, 7) is 2.01. The highest BCUT2D eigenvalue weighted by Crippen LogP contribution is 2.13. The van der Waals surface area contributed by atoms with Crippen LogP contribution in [-0.2, 0) is 4.74 Å². The topological polar surface area (TPSA) is 98.1 Å². The monoisotopic (exact) mass is 232 g/mol. The second-order valence-electron chi connectivity index (χ2n) is 3.28. The van der Waals surface area contributed by atoms with Crippen molar-refractivity contribution in [3.05, 3.63) is 18.5 Å². The van der Waals surface area contributed by atoms with Crippen LogP contribution in [0.5, 0.6) is 0 Å². The Balaban J connectivity index is 2.25. The molecule has 8 nitrogen and oxygen atoms in total. The number of carbonyl (C=O) groups is 1. The van der Waals surface area contributed by atoms with E-state index < -0.39 is 5.97 Å². The zero-order valence-corrected chi connectivity index (χ0v) is 8.91. The molecule has 0 aliphatic heterocycles. The van der Waals surface area contributed by atoms with Crippen molar-refractivity contribution < 1.29 is 9.53 Å². The first-order chi connectivity index (χ1) is 8.31. The van der Waals surface area contributed by atoms with Crippen LogP contribution in [0.25, 0.3) is 16.8 Å². The number of H-pyrrole nitrogens is 1. The second-order valence-corrected chi connectivity index (χ2v) is 3.28. The van der Waals surface area contributed by atoms with Gasteiger partial charge in [0.25, 0.3) is 0 Å². The molecule has 0 bridgehead atoms. The van der Waals surface area contributed by atoms with Crippen LogP contribution in [0.1, 0.15) is 17.5 Å². The number of aromatic nitrogens is 6. The van der Waals surface area contributed by atoms with Crippen LogP contribution in [0, 0.1) is 0 Å². The van der Waals surface area contributed by atoms with E-state index >= 15 is 0 Å². The quantitative estimate of drug-likeness (QED) is 0.633. The third kappa shape index (κ3) is 1.34.